The topological polar surface area (TPSA) is 97.1 Å². The Morgan fingerprint density at radius 3 is 2.68 bits per heavy atom. The number of anilines is 1. The number of nitrogens with two attached hydrogens (primary N) is 1. The highest BCUT2D eigenvalue weighted by Gasteiger charge is 2.57. The average molecular weight is 481 g/mol. The third-order valence-electron chi connectivity index (χ3n) is 8.94. The van der Waals surface area contributed by atoms with Crippen molar-refractivity contribution < 1.29 is 9.59 Å². The van der Waals surface area contributed by atoms with Crippen LogP contribution in [-0.2, 0) is 15.0 Å². The molecule has 3 saturated carbocycles. The largest absolute Gasteiger partial charge is 0.354 e. The van der Waals surface area contributed by atoms with E-state index in [1.54, 1.807) is 23.7 Å². The third kappa shape index (κ3) is 4.17. The van der Waals surface area contributed by atoms with Crippen molar-refractivity contribution in [2.24, 2.45) is 34.8 Å². The van der Waals surface area contributed by atoms with Gasteiger partial charge in [0.2, 0.25) is 11.8 Å². The molecule has 7 heteroatoms. The number of nitrogens with one attached hydrogen (secondary N) is 2. The van der Waals surface area contributed by atoms with Crippen molar-refractivity contribution in [1.29, 1.82) is 0 Å². The molecule has 0 saturated heterocycles. The number of hydrogen-bond acceptors (Lipinski definition) is 5. The van der Waals surface area contributed by atoms with E-state index in [1.165, 1.54) is 6.42 Å². The molecule has 6 nitrogen and oxygen atoms in total. The Morgan fingerprint density at radius 2 is 1.94 bits per heavy atom. The molecular formula is C27H36N4O2S. The zero-order valence-electron chi connectivity index (χ0n) is 20.1. The highest BCUT2D eigenvalue weighted by atomic mass is 32.1. The standard InChI is InChI=1S/C27H36N4O2S/c1-26(2,22-4-3-13-34-22)24(32)30-16-21(28)23-18-6-5-17-7-10-27(14-18,15-20(17)23)25(33)31-19-8-11-29-12-9-19/h3-4,8-9,11-13,17-18,20-21,23H,5-7,10,14-16,28H2,1-2H3,(H,30,32)(H,29,31,33). The molecule has 2 amide bonds. The number of carbonyl (C=O) groups excluding carboxylic acids is 2. The minimum absolute atomic E-state index is 0.0288. The van der Waals surface area contributed by atoms with Crippen LogP contribution in [0, 0.1) is 29.1 Å². The number of hydrogen-bond donors (Lipinski definition) is 3. The molecule has 2 aromatic rings. The lowest BCUT2D eigenvalue weighted by Crippen LogP contribution is -2.59. The lowest BCUT2D eigenvalue weighted by Gasteiger charge is -2.59. The van der Waals surface area contributed by atoms with Crippen LogP contribution in [0.2, 0.25) is 0 Å². The first-order chi connectivity index (χ1) is 16.3. The van der Waals surface area contributed by atoms with Crippen molar-refractivity contribution in [1.82, 2.24) is 10.3 Å². The predicted octanol–water partition coefficient (Wildman–Crippen LogP) is 4.34. The zero-order valence-corrected chi connectivity index (χ0v) is 20.9. The Kier molecular flexibility index (Phi) is 6.27. The van der Waals surface area contributed by atoms with Gasteiger partial charge in [-0.1, -0.05) is 6.07 Å². The minimum Gasteiger partial charge on any atom is -0.354 e. The number of amides is 2. The molecule has 0 radical (unpaired) electrons. The van der Waals surface area contributed by atoms with Gasteiger partial charge >= 0.3 is 0 Å². The summed E-state index contributed by atoms with van der Waals surface area (Å²) in [5, 5.41) is 8.34. The molecule has 6 unspecified atom stereocenters. The second-order valence-electron chi connectivity index (χ2n) is 11.2. The lowest BCUT2D eigenvalue weighted by atomic mass is 9.46. The molecule has 3 fully saturated rings. The maximum Gasteiger partial charge on any atom is 0.230 e. The Morgan fingerprint density at radius 1 is 1.18 bits per heavy atom. The number of rotatable bonds is 7. The molecule has 182 valence electrons. The van der Waals surface area contributed by atoms with Crippen LogP contribution >= 0.6 is 11.3 Å². The van der Waals surface area contributed by atoms with Crippen molar-refractivity contribution in [2.45, 2.75) is 63.8 Å². The van der Waals surface area contributed by atoms with Crippen LogP contribution < -0.4 is 16.4 Å². The summed E-state index contributed by atoms with van der Waals surface area (Å²) in [7, 11) is 0. The predicted molar refractivity (Wildman–Crippen MR) is 135 cm³/mol. The number of nitrogens with zero attached hydrogens (tertiary/aromatic N) is 1. The first-order valence-electron chi connectivity index (χ1n) is 12.6. The Bertz CT molecular complexity index is 1020. The number of fused-ring (bicyclic) bond motifs is 2. The van der Waals surface area contributed by atoms with E-state index in [2.05, 4.69) is 15.6 Å². The summed E-state index contributed by atoms with van der Waals surface area (Å²) in [6.45, 7) is 4.44. The van der Waals surface area contributed by atoms with Gasteiger partial charge in [0.05, 0.1) is 10.8 Å². The number of pyridine rings is 1. The smallest absolute Gasteiger partial charge is 0.230 e. The molecule has 4 N–H and O–H groups in total. The normalized spacial score (nSPS) is 31.0. The van der Waals surface area contributed by atoms with Gasteiger partial charge in [0.15, 0.2) is 0 Å². The van der Waals surface area contributed by atoms with Crippen LogP contribution in [0.4, 0.5) is 5.69 Å². The van der Waals surface area contributed by atoms with Crippen molar-refractivity contribution in [2.75, 3.05) is 11.9 Å². The van der Waals surface area contributed by atoms with Gasteiger partial charge in [0, 0.05) is 35.5 Å². The summed E-state index contributed by atoms with van der Waals surface area (Å²) >= 11 is 1.61. The van der Waals surface area contributed by atoms with Crippen molar-refractivity contribution in [3.63, 3.8) is 0 Å². The molecule has 0 aromatic carbocycles. The first-order valence-corrected chi connectivity index (χ1v) is 13.5. The molecular weight excluding hydrogens is 444 g/mol. The molecule has 2 heterocycles. The van der Waals surface area contributed by atoms with Crippen molar-refractivity contribution in [3.05, 3.63) is 46.9 Å². The fourth-order valence-electron chi connectivity index (χ4n) is 7.08. The fraction of sp³-hybridized carbons (Fsp3) is 0.593. The molecule has 3 aliphatic carbocycles. The second-order valence-corrected chi connectivity index (χ2v) is 12.2. The second kappa shape index (κ2) is 9.08. The van der Waals surface area contributed by atoms with Gasteiger partial charge in [-0.15, -0.1) is 11.3 Å². The summed E-state index contributed by atoms with van der Waals surface area (Å²) in [5.74, 6) is 2.10. The van der Waals surface area contributed by atoms with Gasteiger partial charge in [-0.05, 0) is 99.6 Å². The summed E-state index contributed by atoms with van der Waals surface area (Å²) < 4.78 is 0. The lowest BCUT2D eigenvalue weighted by molar-refractivity contribution is -0.144. The van der Waals surface area contributed by atoms with Crippen LogP contribution in [0.5, 0.6) is 0 Å². The van der Waals surface area contributed by atoms with E-state index >= 15 is 0 Å². The van der Waals surface area contributed by atoms with Gasteiger partial charge in [-0.3, -0.25) is 14.6 Å². The molecule has 3 bridgehead atoms. The molecule has 34 heavy (non-hydrogen) atoms. The maximum atomic E-state index is 13.5. The van der Waals surface area contributed by atoms with E-state index in [4.69, 9.17) is 5.73 Å². The summed E-state index contributed by atoms with van der Waals surface area (Å²) in [4.78, 5) is 31.6. The molecule has 6 atom stereocenters. The van der Waals surface area contributed by atoms with Crippen molar-refractivity contribution >= 4 is 28.8 Å². The quantitative estimate of drug-likeness (QED) is 0.549. The fourth-order valence-corrected chi connectivity index (χ4v) is 7.93. The van der Waals surface area contributed by atoms with Crippen LogP contribution in [0.1, 0.15) is 57.2 Å². The van der Waals surface area contributed by atoms with E-state index in [1.807, 2.05) is 43.5 Å². The monoisotopic (exact) mass is 480 g/mol. The average Bonchev–Trinajstić information content (AvgIpc) is 3.37. The van der Waals surface area contributed by atoms with E-state index < -0.39 is 5.41 Å². The Labute approximate surface area is 206 Å². The van der Waals surface area contributed by atoms with E-state index in [0.29, 0.717) is 30.2 Å². The van der Waals surface area contributed by atoms with E-state index in [0.717, 1.165) is 42.7 Å². The molecule has 3 aliphatic rings. The van der Waals surface area contributed by atoms with Gasteiger partial charge in [-0.25, -0.2) is 0 Å². The zero-order chi connectivity index (χ0) is 23.9. The maximum absolute atomic E-state index is 13.5. The highest BCUT2D eigenvalue weighted by molar-refractivity contribution is 7.10. The first kappa shape index (κ1) is 23.5. The Balaban J connectivity index is 1.27. The van der Waals surface area contributed by atoms with Gasteiger partial charge < -0.3 is 16.4 Å². The van der Waals surface area contributed by atoms with Gasteiger partial charge in [-0.2, -0.15) is 0 Å². The highest BCUT2D eigenvalue weighted by Crippen LogP contribution is 2.61. The minimum atomic E-state index is -0.565. The van der Waals surface area contributed by atoms with Crippen molar-refractivity contribution in [3.8, 4) is 0 Å². The summed E-state index contributed by atoms with van der Waals surface area (Å²) in [5.41, 5.74) is 6.76. The summed E-state index contributed by atoms with van der Waals surface area (Å²) in [6.07, 6.45) is 9.69. The van der Waals surface area contributed by atoms with E-state index in [9.17, 15) is 9.59 Å². The Hall–Kier alpha value is -2.25. The van der Waals surface area contributed by atoms with Crippen LogP contribution in [0.25, 0.3) is 0 Å². The molecule has 2 aromatic heterocycles. The molecule has 0 spiro atoms. The van der Waals surface area contributed by atoms with Gasteiger partial charge in [0.1, 0.15) is 0 Å². The molecule has 5 rings (SSSR count). The summed E-state index contributed by atoms with van der Waals surface area (Å²) in [6, 6.07) is 7.62. The third-order valence-corrected chi connectivity index (χ3v) is 10.1. The van der Waals surface area contributed by atoms with Crippen LogP contribution in [-0.4, -0.2) is 29.4 Å². The van der Waals surface area contributed by atoms with Crippen LogP contribution in [0.3, 0.4) is 0 Å². The molecule has 0 aliphatic heterocycles. The number of carbonyl (C=O) groups is 2. The van der Waals surface area contributed by atoms with Gasteiger partial charge in [0.25, 0.3) is 0 Å². The van der Waals surface area contributed by atoms with E-state index in [-0.39, 0.29) is 23.3 Å². The SMILES string of the molecule is CC(C)(C(=O)NCC(N)C1C2CCC3CCC(C(=O)Nc4ccncc4)(C2)CC31)c1cccs1. The number of thiophene rings is 1. The van der Waals surface area contributed by atoms with Crippen LogP contribution in [0.15, 0.2) is 42.0 Å². The number of aromatic nitrogens is 1.